The normalized spacial score (nSPS) is 15.7. The SMILES string of the molecule is CCOc1ccccc1CNC(=O)C1CCCN(c2ccc(=O)n(-c3ccc(C)c(Cl)c3)n2)C1. The van der Waals surface area contributed by atoms with Crippen molar-refractivity contribution in [3.63, 3.8) is 0 Å². The Morgan fingerprint density at radius 3 is 2.82 bits per heavy atom. The Morgan fingerprint density at radius 1 is 1.21 bits per heavy atom. The van der Waals surface area contributed by atoms with Crippen LogP contribution in [0.4, 0.5) is 5.82 Å². The first-order valence-electron chi connectivity index (χ1n) is 11.6. The Balaban J connectivity index is 1.46. The Labute approximate surface area is 204 Å². The van der Waals surface area contributed by atoms with Gasteiger partial charge in [-0.25, -0.2) is 0 Å². The number of nitrogens with zero attached hydrogens (tertiary/aromatic N) is 3. The molecule has 0 bridgehead atoms. The lowest BCUT2D eigenvalue weighted by Gasteiger charge is -2.33. The minimum atomic E-state index is -0.233. The van der Waals surface area contributed by atoms with Gasteiger partial charge in [0.05, 0.1) is 18.2 Å². The fourth-order valence-electron chi connectivity index (χ4n) is 4.14. The average Bonchev–Trinajstić information content (AvgIpc) is 2.85. The van der Waals surface area contributed by atoms with Gasteiger partial charge in [0.15, 0.2) is 0 Å². The second kappa shape index (κ2) is 10.7. The zero-order valence-corrected chi connectivity index (χ0v) is 20.2. The molecule has 0 spiro atoms. The van der Waals surface area contributed by atoms with Crippen molar-refractivity contribution in [2.24, 2.45) is 5.92 Å². The maximum Gasteiger partial charge on any atom is 0.271 e. The van der Waals surface area contributed by atoms with E-state index in [1.807, 2.05) is 50.2 Å². The van der Waals surface area contributed by atoms with E-state index in [1.54, 1.807) is 12.1 Å². The van der Waals surface area contributed by atoms with Crippen molar-refractivity contribution >= 4 is 23.3 Å². The summed E-state index contributed by atoms with van der Waals surface area (Å²) < 4.78 is 7.01. The number of halogens is 1. The van der Waals surface area contributed by atoms with E-state index in [1.165, 1.54) is 10.7 Å². The van der Waals surface area contributed by atoms with Crippen molar-refractivity contribution in [2.75, 3.05) is 24.6 Å². The molecule has 1 aliphatic rings. The van der Waals surface area contributed by atoms with Gasteiger partial charge in [-0.05, 0) is 56.5 Å². The molecular weight excluding hydrogens is 452 g/mol. The molecule has 4 rings (SSSR count). The lowest BCUT2D eigenvalue weighted by Crippen LogP contribution is -2.43. The summed E-state index contributed by atoms with van der Waals surface area (Å²) in [5.41, 5.74) is 2.27. The Kier molecular flexibility index (Phi) is 7.53. The second-order valence-corrected chi connectivity index (χ2v) is 8.83. The van der Waals surface area contributed by atoms with Crippen LogP contribution in [-0.2, 0) is 11.3 Å². The standard InChI is InChI=1S/C26H29ClN4O3/c1-3-34-23-9-5-4-7-19(23)16-28-26(33)20-8-6-14-30(17-20)24-12-13-25(32)31(29-24)21-11-10-18(2)22(27)15-21/h4-5,7,9-13,15,20H,3,6,8,14,16-17H2,1-2H3,(H,28,33). The highest BCUT2D eigenvalue weighted by Crippen LogP contribution is 2.23. The molecular formula is C26H29ClN4O3. The molecule has 2 aromatic carbocycles. The van der Waals surface area contributed by atoms with E-state index < -0.39 is 0 Å². The highest BCUT2D eigenvalue weighted by Gasteiger charge is 2.27. The van der Waals surface area contributed by atoms with E-state index >= 15 is 0 Å². The number of hydrogen-bond donors (Lipinski definition) is 1. The van der Waals surface area contributed by atoms with Gasteiger partial charge in [0, 0.05) is 36.3 Å². The van der Waals surface area contributed by atoms with Crippen LogP contribution in [0.1, 0.15) is 30.9 Å². The van der Waals surface area contributed by atoms with Gasteiger partial charge in [0.1, 0.15) is 11.6 Å². The summed E-state index contributed by atoms with van der Waals surface area (Å²) in [5.74, 6) is 1.30. The van der Waals surface area contributed by atoms with Gasteiger partial charge in [-0.15, -0.1) is 5.10 Å². The quantitative estimate of drug-likeness (QED) is 0.550. The number of aryl methyl sites for hydroxylation is 1. The van der Waals surface area contributed by atoms with E-state index in [0.29, 0.717) is 36.2 Å². The molecule has 0 radical (unpaired) electrons. The van der Waals surface area contributed by atoms with Gasteiger partial charge in [-0.1, -0.05) is 35.9 Å². The minimum Gasteiger partial charge on any atom is -0.494 e. The van der Waals surface area contributed by atoms with Crippen LogP contribution in [0, 0.1) is 12.8 Å². The molecule has 1 fully saturated rings. The van der Waals surface area contributed by atoms with Crippen LogP contribution in [-0.4, -0.2) is 35.4 Å². The predicted octanol–water partition coefficient (Wildman–Crippen LogP) is 4.13. The van der Waals surface area contributed by atoms with Crippen molar-refractivity contribution in [3.8, 4) is 11.4 Å². The van der Waals surface area contributed by atoms with E-state index in [9.17, 15) is 9.59 Å². The van der Waals surface area contributed by atoms with Crippen molar-refractivity contribution in [3.05, 3.63) is 81.1 Å². The maximum absolute atomic E-state index is 13.0. The largest absolute Gasteiger partial charge is 0.494 e. The monoisotopic (exact) mass is 480 g/mol. The van der Waals surface area contributed by atoms with Crippen molar-refractivity contribution in [1.29, 1.82) is 0 Å². The zero-order valence-electron chi connectivity index (χ0n) is 19.5. The lowest BCUT2D eigenvalue weighted by molar-refractivity contribution is -0.125. The molecule has 1 aromatic heterocycles. The van der Waals surface area contributed by atoms with Crippen LogP contribution in [0.25, 0.3) is 5.69 Å². The average molecular weight is 481 g/mol. The highest BCUT2D eigenvalue weighted by molar-refractivity contribution is 6.31. The number of nitrogens with one attached hydrogen (secondary N) is 1. The van der Waals surface area contributed by atoms with Crippen molar-refractivity contribution in [1.82, 2.24) is 15.1 Å². The van der Waals surface area contributed by atoms with Gasteiger partial charge in [0.2, 0.25) is 5.91 Å². The van der Waals surface area contributed by atoms with Gasteiger partial charge in [-0.3, -0.25) is 9.59 Å². The lowest BCUT2D eigenvalue weighted by atomic mass is 9.97. The number of hydrogen-bond acceptors (Lipinski definition) is 5. The van der Waals surface area contributed by atoms with Crippen LogP contribution in [0.15, 0.2) is 59.4 Å². The third kappa shape index (κ3) is 5.42. The van der Waals surface area contributed by atoms with Gasteiger partial charge >= 0.3 is 0 Å². The summed E-state index contributed by atoms with van der Waals surface area (Å²) in [6.07, 6.45) is 1.67. The number of para-hydroxylation sites is 1. The Bertz CT molecular complexity index is 1230. The molecule has 34 heavy (non-hydrogen) atoms. The molecule has 178 valence electrons. The zero-order chi connectivity index (χ0) is 24.1. The van der Waals surface area contributed by atoms with Crippen LogP contribution >= 0.6 is 11.6 Å². The molecule has 2 heterocycles. The number of piperidine rings is 1. The van der Waals surface area contributed by atoms with Crippen LogP contribution in [0.5, 0.6) is 5.75 Å². The van der Waals surface area contributed by atoms with Crippen LogP contribution in [0.2, 0.25) is 5.02 Å². The van der Waals surface area contributed by atoms with Gasteiger partial charge < -0.3 is 15.0 Å². The number of amides is 1. The fourth-order valence-corrected chi connectivity index (χ4v) is 4.32. The Hall–Kier alpha value is -3.32. The van der Waals surface area contributed by atoms with E-state index in [-0.39, 0.29) is 17.4 Å². The predicted molar refractivity (Wildman–Crippen MR) is 134 cm³/mol. The Morgan fingerprint density at radius 2 is 2.03 bits per heavy atom. The summed E-state index contributed by atoms with van der Waals surface area (Å²) in [7, 11) is 0. The van der Waals surface area contributed by atoms with Crippen molar-refractivity contribution < 1.29 is 9.53 Å². The first kappa shape index (κ1) is 23.8. The molecule has 7 nitrogen and oxygen atoms in total. The molecule has 1 amide bonds. The van der Waals surface area contributed by atoms with E-state index in [4.69, 9.17) is 16.3 Å². The van der Waals surface area contributed by atoms with Gasteiger partial charge in [0.25, 0.3) is 5.56 Å². The first-order valence-corrected chi connectivity index (χ1v) is 11.9. The molecule has 1 saturated heterocycles. The number of carbonyl (C=O) groups is 1. The topological polar surface area (TPSA) is 76.5 Å². The number of carbonyl (C=O) groups excluding carboxylic acids is 1. The van der Waals surface area contributed by atoms with E-state index in [2.05, 4.69) is 15.3 Å². The second-order valence-electron chi connectivity index (χ2n) is 8.42. The summed E-state index contributed by atoms with van der Waals surface area (Å²) in [6, 6.07) is 16.4. The molecule has 1 atom stereocenters. The number of aromatic nitrogens is 2. The third-order valence-corrected chi connectivity index (χ3v) is 6.44. The minimum absolute atomic E-state index is 0.00893. The van der Waals surface area contributed by atoms with Crippen LogP contribution < -0.4 is 20.5 Å². The summed E-state index contributed by atoms with van der Waals surface area (Å²) >= 11 is 6.25. The molecule has 1 aliphatic heterocycles. The summed E-state index contributed by atoms with van der Waals surface area (Å²) in [5, 5.41) is 8.22. The number of ether oxygens (including phenoxy) is 1. The van der Waals surface area contributed by atoms with Crippen LogP contribution in [0.3, 0.4) is 0 Å². The first-order chi connectivity index (χ1) is 16.5. The highest BCUT2D eigenvalue weighted by atomic mass is 35.5. The smallest absolute Gasteiger partial charge is 0.271 e. The molecule has 3 aromatic rings. The number of rotatable bonds is 7. The van der Waals surface area contributed by atoms with E-state index in [0.717, 1.165) is 36.3 Å². The van der Waals surface area contributed by atoms with Gasteiger partial charge in [-0.2, -0.15) is 4.68 Å². The number of benzene rings is 2. The number of anilines is 1. The third-order valence-electron chi connectivity index (χ3n) is 6.03. The maximum atomic E-state index is 13.0. The molecule has 0 saturated carbocycles. The fraction of sp³-hybridized carbons (Fsp3) is 0.346. The molecule has 8 heteroatoms. The molecule has 1 unspecified atom stereocenters. The summed E-state index contributed by atoms with van der Waals surface area (Å²) in [6.45, 7) is 6.16. The summed E-state index contributed by atoms with van der Waals surface area (Å²) in [4.78, 5) is 27.5. The molecule has 1 N–H and O–H groups in total. The van der Waals surface area contributed by atoms with Crippen molar-refractivity contribution in [2.45, 2.75) is 33.2 Å². The molecule has 0 aliphatic carbocycles.